The van der Waals surface area contributed by atoms with Gasteiger partial charge in [-0.2, -0.15) is 0 Å². The molecule has 0 bridgehead atoms. The van der Waals surface area contributed by atoms with E-state index in [9.17, 15) is 4.39 Å². The van der Waals surface area contributed by atoms with Crippen LogP contribution in [0.4, 0.5) is 10.1 Å². The Kier molecular flexibility index (Phi) is 5.18. The van der Waals surface area contributed by atoms with Crippen molar-refractivity contribution < 1.29 is 4.39 Å². The summed E-state index contributed by atoms with van der Waals surface area (Å²) in [5.74, 6) is -0.179. The van der Waals surface area contributed by atoms with Crippen molar-refractivity contribution >= 4 is 21.6 Å². The maximum absolute atomic E-state index is 13.9. The van der Waals surface area contributed by atoms with Crippen LogP contribution in [-0.4, -0.2) is 0 Å². The zero-order valence-corrected chi connectivity index (χ0v) is 13.4. The van der Waals surface area contributed by atoms with Gasteiger partial charge in [-0.15, -0.1) is 0 Å². The lowest BCUT2D eigenvalue weighted by Gasteiger charge is -2.19. The molecule has 106 valence electrons. The Morgan fingerprint density at radius 1 is 1.20 bits per heavy atom. The van der Waals surface area contributed by atoms with Crippen molar-refractivity contribution in [1.82, 2.24) is 0 Å². The molecule has 2 aromatic rings. The largest absolute Gasteiger partial charge is 0.378 e. The van der Waals surface area contributed by atoms with E-state index in [1.54, 1.807) is 6.07 Å². The minimum absolute atomic E-state index is 0.0782. The fourth-order valence-electron chi connectivity index (χ4n) is 2.31. The highest BCUT2D eigenvalue weighted by atomic mass is 79.9. The number of rotatable bonds is 5. The molecular weight excluding hydrogens is 317 g/mol. The molecule has 20 heavy (non-hydrogen) atoms. The van der Waals surface area contributed by atoms with Crippen molar-refractivity contribution in [3.63, 3.8) is 0 Å². The van der Waals surface area contributed by atoms with Gasteiger partial charge in [-0.1, -0.05) is 47.5 Å². The van der Waals surface area contributed by atoms with Crippen LogP contribution in [0.5, 0.6) is 0 Å². The fraction of sp³-hybridized carbons (Fsp3) is 0.294. The molecule has 0 amide bonds. The molecule has 1 atom stereocenters. The van der Waals surface area contributed by atoms with Crippen molar-refractivity contribution in [3.8, 4) is 0 Å². The van der Waals surface area contributed by atoms with Crippen LogP contribution in [0.3, 0.4) is 0 Å². The van der Waals surface area contributed by atoms with E-state index in [0.717, 1.165) is 23.0 Å². The molecular formula is C17H19BrFN. The molecule has 2 aromatic carbocycles. The maximum atomic E-state index is 13.9. The highest BCUT2D eigenvalue weighted by Gasteiger charge is 2.12. The normalized spacial score (nSPS) is 12.2. The first-order valence-electron chi connectivity index (χ1n) is 6.91. The number of halogens is 2. The highest BCUT2D eigenvalue weighted by Crippen LogP contribution is 2.26. The Morgan fingerprint density at radius 2 is 1.95 bits per heavy atom. The van der Waals surface area contributed by atoms with E-state index < -0.39 is 0 Å². The smallest absolute Gasteiger partial charge is 0.128 e. The van der Waals surface area contributed by atoms with Crippen molar-refractivity contribution in [2.75, 3.05) is 5.32 Å². The van der Waals surface area contributed by atoms with Crippen LogP contribution in [0.1, 0.15) is 37.4 Å². The lowest BCUT2D eigenvalue weighted by molar-refractivity contribution is 0.600. The molecule has 0 saturated carbocycles. The third-order valence-corrected chi connectivity index (χ3v) is 3.83. The van der Waals surface area contributed by atoms with Crippen LogP contribution >= 0.6 is 15.9 Å². The van der Waals surface area contributed by atoms with Gasteiger partial charge in [0.15, 0.2) is 0 Å². The second-order valence-electron chi connectivity index (χ2n) is 4.94. The molecule has 1 nitrogen and oxygen atoms in total. The monoisotopic (exact) mass is 335 g/mol. The number of nitrogens with one attached hydrogen (secondary N) is 1. The maximum Gasteiger partial charge on any atom is 0.128 e. The quantitative estimate of drug-likeness (QED) is 0.737. The molecule has 0 aliphatic heterocycles. The zero-order chi connectivity index (χ0) is 14.5. The summed E-state index contributed by atoms with van der Waals surface area (Å²) >= 11 is 3.39. The number of anilines is 1. The standard InChI is InChI=1S/C17H19BrFN/c1-3-6-13-7-4-5-8-17(13)20-12(2)15-11-14(18)9-10-16(15)19/h4-5,7-12,20H,3,6H2,1-2H3. The predicted octanol–water partition coefficient (Wildman–Crippen LogP) is 5.71. The topological polar surface area (TPSA) is 12.0 Å². The van der Waals surface area contributed by atoms with Crippen molar-refractivity contribution in [1.29, 1.82) is 0 Å². The summed E-state index contributed by atoms with van der Waals surface area (Å²) in [6.45, 7) is 4.14. The van der Waals surface area contributed by atoms with E-state index in [4.69, 9.17) is 0 Å². The summed E-state index contributed by atoms with van der Waals surface area (Å²) in [6.07, 6.45) is 2.12. The van der Waals surface area contributed by atoms with Gasteiger partial charge in [0.1, 0.15) is 5.82 Å². The second-order valence-corrected chi connectivity index (χ2v) is 5.85. The first-order valence-corrected chi connectivity index (χ1v) is 7.70. The summed E-state index contributed by atoms with van der Waals surface area (Å²) < 4.78 is 14.8. The number of benzene rings is 2. The van der Waals surface area contributed by atoms with Crippen LogP contribution in [0.2, 0.25) is 0 Å². The molecule has 0 fully saturated rings. The summed E-state index contributed by atoms with van der Waals surface area (Å²) in [6, 6.07) is 13.2. The average Bonchev–Trinajstić information content (AvgIpc) is 2.44. The summed E-state index contributed by atoms with van der Waals surface area (Å²) in [4.78, 5) is 0. The number of aryl methyl sites for hydroxylation is 1. The molecule has 1 unspecified atom stereocenters. The minimum Gasteiger partial charge on any atom is -0.378 e. The van der Waals surface area contributed by atoms with Crippen molar-refractivity contribution in [2.24, 2.45) is 0 Å². The molecule has 0 aliphatic rings. The van der Waals surface area contributed by atoms with Crippen molar-refractivity contribution in [3.05, 3.63) is 63.9 Å². The number of hydrogen-bond donors (Lipinski definition) is 1. The SMILES string of the molecule is CCCc1ccccc1NC(C)c1cc(Br)ccc1F. The van der Waals surface area contributed by atoms with E-state index in [1.165, 1.54) is 11.6 Å². The van der Waals surface area contributed by atoms with Gasteiger partial charge in [-0.3, -0.25) is 0 Å². The molecule has 0 saturated heterocycles. The Hall–Kier alpha value is -1.35. The molecule has 2 rings (SSSR count). The van der Waals surface area contributed by atoms with E-state index in [1.807, 2.05) is 25.1 Å². The van der Waals surface area contributed by atoms with Gasteiger partial charge in [0.25, 0.3) is 0 Å². The van der Waals surface area contributed by atoms with Crippen LogP contribution in [0.15, 0.2) is 46.9 Å². The Labute approximate surface area is 128 Å². The summed E-state index contributed by atoms with van der Waals surface area (Å²) in [7, 11) is 0. The van der Waals surface area contributed by atoms with Gasteiger partial charge < -0.3 is 5.32 Å². The highest BCUT2D eigenvalue weighted by molar-refractivity contribution is 9.10. The molecule has 1 N–H and O–H groups in total. The lowest BCUT2D eigenvalue weighted by atomic mass is 10.0. The van der Waals surface area contributed by atoms with Crippen LogP contribution in [0.25, 0.3) is 0 Å². The molecule has 0 spiro atoms. The van der Waals surface area contributed by atoms with Gasteiger partial charge in [0, 0.05) is 15.7 Å². The van der Waals surface area contributed by atoms with E-state index in [-0.39, 0.29) is 11.9 Å². The number of para-hydroxylation sites is 1. The Morgan fingerprint density at radius 3 is 2.70 bits per heavy atom. The van der Waals surface area contributed by atoms with Gasteiger partial charge in [0.05, 0.1) is 6.04 Å². The van der Waals surface area contributed by atoms with E-state index >= 15 is 0 Å². The first-order chi connectivity index (χ1) is 9.61. The molecule has 0 heterocycles. The first kappa shape index (κ1) is 15.0. The zero-order valence-electron chi connectivity index (χ0n) is 11.8. The third-order valence-electron chi connectivity index (χ3n) is 3.33. The fourth-order valence-corrected chi connectivity index (χ4v) is 2.68. The number of hydrogen-bond acceptors (Lipinski definition) is 1. The van der Waals surface area contributed by atoms with Crippen LogP contribution in [-0.2, 0) is 6.42 Å². The van der Waals surface area contributed by atoms with Gasteiger partial charge >= 0.3 is 0 Å². The molecule has 0 aliphatic carbocycles. The minimum atomic E-state index is -0.179. The molecule has 0 radical (unpaired) electrons. The van der Waals surface area contributed by atoms with Crippen molar-refractivity contribution in [2.45, 2.75) is 32.7 Å². The van der Waals surface area contributed by atoms with Crippen LogP contribution < -0.4 is 5.32 Å². The van der Waals surface area contributed by atoms with Gasteiger partial charge in [-0.05, 0) is 43.2 Å². The lowest BCUT2D eigenvalue weighted by Crippen LogP contribution is -2.10. The molecule has 3 heteroatoms. The van der Waals surface area contributed by atoms with Gasteiger partial charge in [-0.25, -0.2) is 4.39 Å². The average molecular weight is 336 g/mol. The predicted molar refractivity (Wildman–Crippen MR) is 86.6 cm³/mol. The Bertz CT molecular complexity index is 583. The second kappa shape index (κ2) is 6.89. The van der Waals surface area contributed by atoms with E-state index in [2.05, 4.69) is 40.3 Å². The van der Waals surface area contributed by atoms with E-state index in [0.29, 0.717) is 5.56 Å². The van der Waals surface area contributed by atoms with Crippen LogP contribution in [0, 0.1) is 5.82 Å². The van der Waals surface area contributed by atoms with Gasteiger partial charge in [0.2, 0.25) is 0 Å². The molecule has 0 aromatic heterocycles. The summed E-state index contributed by atoms with van der Waals surface area (Å²) in [5.41, 5.74) is 3.03. The Balaban J connectivity index is 2.23. The summed E-state index contributed by atoms with van der Waals surface area (Å²) in [5, 5.41) is 3.42. The third kappa shape index (κ3) is 3.60.